The minimum Gasteiger partial charge on any atom is -0.504 e. The van der Waals surface area contributed by atoms with E-state index in [9.17, 15) is 39.6 Å². The van der Waals surface area contributed by atoms with Crippen molar-refractivity contribution in [1.82, 2.24) is 9.88 Å². The van der Waals surface area contributed by atoms with Gasteiger partial charge in [-0.25, -0.2) is 14.6 Å². The zero-order valence-corrected chi connectivity index (χ0v) is 30.2. The number of phenols is 2. The Bertz CT molecular complexity index is 2060. The van der Waals surface area contributed by atoms with E-state index >= 15 is 0 Å². The number of likely N-dealkylation sites (N-methyl/N-ethyl adjacent to an activating group) is 1. The van der Waals surface area contributed by atoms with Crippen LogP contribution < -0.4 is 5.73 Å². The highest BCUT2D eigenvalue weighted by molar-refractivity contribution is 8.00. The molecule has 3 aliphatic heterocycles. The molecule has 4 heterocycles. The molecule has 1 saturated heterocycles. The minimum atomic E-state index is -1.75. The quantitative estimate of drug-likeness (QED) is 0.0586. The number of carbonyl (C=O) groups is 4. The maximum atomic E-state index is 13.5. The Morgan fingerprint density at radius 1 is 1.13 bits per heavy atom. The van der Waals surface area contributed by atoms with Crippen LogP contribution in [-0.4, -0.2) is 94.5 Å². The van der Waals surface area contributed by atoms with Crippen molar-refractivity contribution in [2.24, 2.45) is 11.1 Å². The molecule has 0 bridgehead atoms. The number of aromatic hydroxyl groups is 2. The van der Waals surface area contributed by atoms with Gasteiger partial charge in [-0.1, -0.05) is 47.6 Å². The third kappa shape index (κ3) is 7.26. The second kappa shape index (κ2) is 14.1. The van der Waals surface area contributed by atoms with Crippen molar-refractivity contribution in [1.29, 1.82) is 0 Å². The Balaban J connectivity index is 1.13. The number of nitrogen functional groups attached to an aromatic ring is 1. The van der Waals surface area contributed by atoms with Crippen molar-refractivity contribution in [3.8, 4) is 11.5 Å². The number of ketones is 1. The molecule has 14 nitrogen and oxygen atoms in total. The van der Waals surface area contributed by atoms with Gasteiger partial charge in [0.15, 0.2) is 28.1 Å². The van der Waals surface area contributed by atoms with Crippen molar-refractivity contribution < 1.29 is 48.9 Å². The van der Waals surface area contributed by atoms with Crippen LogP contribution in [0.5, 0.6) is 11.5 Å². The molecular formula is C36H38N5O9S2+. The van der Waals surface area contributed by atoms with E-state index in [0.717, 1.165) is 46.6 Å². The van der Waals surface area contributed by atoms with Gasteiger partial charge in [0.2, 0.25) is 11.5 Å². The van der Waals surface area contributed by atoms with E-state index in [-0.39, 0.29) is 45.9 Å². The number of phenolic OH excluding ortho intramolecular Hbond substituents is 2. The van der Waals surface area contributed by atoms with Gasteiger partial charge >= 0.3 is 11.9 Å². The normalized spacial score (nSPS) is 21.8. The number of amides is 1. The third-order valence-corrected chi connectivity index (χ3v) is 11.5. The first-order chi connectivity index (χ1) is 24.6. The number of fused-ring (bicyclic) bond motifs is 2. The van der Waals surface area contributed by atoms with Crippen molar-refractivity contribution in [2.45, 2.75) is 50.8 Å². The number of carboxylic acids is 2. The number of allylic oxidation sites excluding steroid dienone is 1. The molecule has 16 heteroatoms. The first-order valence-electron chi connectivity index (χ1n) is 16.4. The number of thioether (sulfide) groups is 1. The first-order valence-corrected chi connectivity index (χ1v) is 18.3. The first kappa shape index (κ1) is 36.6. The molecule has 6 rings (SSSR count). The molecule has 0 spiro atoms. The summed E-state index contributed by atoms with van der Waals surface area (Å²) in [5.41, 5.74) is 7.83. The number of aliphatic carboxylic acids is 2. The summed E-state index contributed by atoms with van der Waals surface area (Å²) in [7, 11) is 2.12. The number of hydrogen-bond acceptors (Lipinski definition) is 12. The lowest BCUT2D eigenvalue weighted by atomic mass is 9.89. The van der Waals surface area contributed by atoms with Gasteiger partial charge in [-0.3, -0.25) is 14.5 Å². The molecule has 3 aromatic rings. The number of anilines is 1. The third-order valence-electron chi connectivity index (χ3n) is 9.47. The van der Waals surface area contributed by atoms with E-state index in [2.05, 4.69) is 17.2 Å². The molecule has 1 amide bonds. The summed E-state index contributed by atoms with van der Waals surface area (Å²) in [5.74, 6) is -4.45. The Morgan fingerprint density at radius 3 is 2.52 bits per heavy atom. The van der Waals surface area contributed by atoms with Crippen LogP contribution in [0.15, 0.2) is 64.3 Å². The van der Waals surface area contributed by atoms with Crippen molar-refractivity contribution in [3.63, 3.8) is 0 Å². The molecule has 52 heavy (non-hydrogen) atoms. The predicted octanol–water partition coefficient (Wildman–Crippen LogP) is 3.97. The fourth-order valence-corrected chi connectivity index (χ4v) is 8.41. The van der Waals surface area contributed by atoms with Crippen molar-refractivity contribution in [2.75, 3.05) is 25.1 Å². The molecule has 1 fully saturated rings. The summed E-state index contributed by atoms with van der Waals surface area (Å²) in [4.78, 5) is 61.3. The van der Waals surface area contributed by atoms with Crippen molar-refractivity contribution >= 4 is 63.6 Å². The number of thiazole rings is 1. The van der Waals surface area contributed by atoms with Crippen LogP contribution in [0.2, 0.25) is 0 Å². The van der Waals surface area contributed by atoms with Gasteiger partial charge < -0.3 is 35.5 Å². The Morgan fingerprint density at radius 2 is 1.87 bits per heavy atom. The predicted molar refractivity (Wildman–Crippen MR) is 194 cm³/mol. The zero-order valence-electron chi connectivity index (χ0n) is 28.6. The van der Waals surface area contributed by atoms with Crippen LogP contribution in [0, 0.1) is 5.92 Å². The molecule has 0 radical (unpaired) electrons. The van der Waals surface area contributed by atoms with E-state index in [1.165, 1.54) is 42.0 Å². The summed E-state index contributed by atoms with van der Waals surface area (Å²) >= 11 is 2.39. The lowest BCUT2D eigenvalue weighted by Crippen LogP contribution is -2.62. The second-order valence-electron chi connectivity index (χ2n) is 13.8. The number of carbonyl (C=O) groups excluding carboxylic acids is 2. The van der Waals surface area contributed by atoms with Gasteiger partial charge in [0.1, 0.15) is 24.5 Å². The molecule has 0 aliphatic carbocycles. The highest BCUT2D eigenvalue weighted by Gasteiger charge is 2.54. The fourth-order valence-electron chi connectivity index (χ4n) is 6.47. The number of nitrogens with two attached hydrogens (primary N) is 1. The molecule has 3 aliphatic rings. The molecule has 6 N–H and O–H groups in total. The monoisotopic (exact) mass is 748 g/mol. The second-order valence-corrected chi connectivity index (χ2v) is 15.8. The smallest absolute Gasteiger partial charge is 0.352 e. The minimum absolute atomic E-state index is 0.0568. The Hall–Kier alpha value is -5.19. The topological polar surface area (TPSA) is 213 Å². The van der Waals surface area contributed by atoms with Gasteiger partial charge in [-0.05, 0) is 36.6 Å². The average Bonchev–Trinajstić information content (AvgIpc) is 3.53. The van der Waals surface area contributed by atoms with Gasteiger partial charge in [0.25, 0.3) is 0 Å². The SMILES string of the molecule is CC(C)(O/N=C(\C(=O)C[C@@H]1C(=O)N2C(C(=O)O)=C(C=Cc3ccc(C[N+]4(C)CCc5ccc(O)c(O)c5C4)cc3)CS[C@H]12)c1csc(N)n1)C(=O)O. The molecule has 3 atom stereocenters. The Kier molecular flexibility index (Phi) is 9.91. The van der Waals surface area contributed by atoms with Gasteiger partial charge in [-0.2, -0.15) is 0 Å². The van der Waals surface area contributed by atoms with Crippen LogP contribution in [0.1, 0.15) is 48.2 Å². The van der Waals surface area contributed by atoms with Crippen LogP contribution in [-0.2, 0) is 43.5 Å². The summed E-state index contributed by atoms with van der Waals surface area (Å²) in [6.07, 6.45) is 3.95. The fraction of sp³-hybridized carbons (Fsp3) is 0.333. The molecular weight excluding hydrogens is 711 g/mol. The van der Waals surface area contributed by atoms with E-state index in [4.69, 9.17) is 10.6 Å². The summed E-state index contributed by atoms with van der Waals surface area (Å²) < 4.78 is 0.660. The summed E-state index contributed by atoms with van der Waals surface area (Å²) in [6, 6.07) is 11.3. The van der Waals surface area contributed by atoms with Gasteiger partial charge in [0, 0.05) is 29.5 Å². The van der Waals surface area contributed by atoms with Crippen LogP contribution in [0.4, 0.5) is 5.13 Å². The molecule has 0 saturated carbocycles. The molecule has 2 aromatic carbocycles. The maximum absolute atomic E-state index is 13.5. The lowest BCUT2D eigenvalue weighted by Gasteiger charge is -2.49. The highest BCUT2D eigenvalue weighted by atomic mass is 32.2. The van der Waals surface area contributed by atoms with Crippen LogP contribution in [0.25, 0.3) is 6.08 Å². The van der Waals surface area contributed by atoms with Gasteiger partial charge in [-0.15, -0.1) is 23.1 Å². The molecule has 1 unspecified atom stereocenters. The van der Waals surface area contributed by atoms with Crippen molar-refractivity contribution in [3.05, 3.63) is 87.1 Å². The molecule has 272 valence electrons. The Labute approximate surface area is 307 Å². The number of carboxylic acid groups (broad SMARTS) is 2. The summed E-state index contributed by atoms with van der Waals surface area (Å²) in [6.45, 7) is 4.71. The van der Waals surface area contributed by atoms with E-state index in [1.54, 1.807) is 12.2 Å². The van der Waals surface area contributed by atoms with E-state index in [1.807, 2.05) is 30.3 Å². The van der Waals surface area contributed by atoms with E-state index in [0.29, 0.717) is 23.1 Å². The van der Waals surface area contributed by atoms with Gasteiger partial charge in [0.05, 0.1) is 30.4 Å². The number of nitrogens with zero attached hydrogens (tertiary/aromatic N) is 4. The standard InChI is InChI=1S/C36H37N5O9S2/c1-36(2,34(48)49)50-39-28(25-18-52-35(37)38-25)27(43)14-23-31(45)40-29(33(46)47)22(17-51-32(23)40)9-8-19-4-6-20(7-5-19)15-41(3)13-12-21-10-11-26(42)30(44)24(21)16-41/h4-11,18,23,32H,12-17H2,1-3H3,(H5-,37,38,39,42,43,44,46,47,48,49)/p+1/t23-,32-,41?/m1/s1. The number of aromatic nitrogens is 1. The number of rotatable bonds is 12. The number of β-lactam (4-membered cyclic amide) rings is 1. The largest absolute Gasteiger partial charge is 0.504 e. The number of oxime groups is 1. The zero-order chi connectivity index (χ0) is 37.5. The van der Waals surface area contributed by atoms with Crippen LogP contribution in [0.3, 0.4) is 0 Å². The number of Topliss-reactive ketones (excluding diaryl/α,β-unsaturated/α-hetero) is 1. The number of benzene rings is 2. The number of quaternary nitrogens is 1. The average molecular weight is 749 g/mol. The maximum Gasteiger partial charge on any atom is 0.352 e. The van der Waals surface area contributed by atoms with Crippen LogP contribution >= 0.6 is 23.1 Å². The number of hydrogen-bond donors (Lipinski definition) is 5. The van der Waals surface area contributed by atoms with E-state index < -0.39 is 40.5 Å². The highest BCUT2D eigenvalue weighted by Crippen LogP contribution is 2.46. The molecule has 1 aromatic heterocycles. The lowest BCUT2D eigenvalue weighted by molar-refractivity contribution is -0.937. The summed E-state index contributed by atoms with van der Waals surface area (Å²) in [5, 5.41) is 44.8.